The van der Waals surface area contributed by atoms with Crippen molar-refractivity contribution < 1.29 is 9.53 Å². The summed E-state index contributed by atoms with van der Waals surface area (Å²) in [6.07, 6.45) is 0.896. The smallest absolute Gasteiger partial charge is 0.297 e. The lowest BCUT2D eigenvalue weighted by molar-refractivity contribution is 0.101. The number of ether oxygens (including phenoxy) is 1. The van der Waals surface area contributed by atoms with Gasteiger partial charge in [0.05, 0.1) is 12.3 Å². The summed E-state index contributed by atoms with van der Waals surface area (Å²) in [5.74, 6) is 0.174. The van der Waals surface area contributed by atoms with Gasteiger partial charge in [-0.05, 0) is 23.8 Å². The molecule has 94 valence electrons. The van der Waals surface area contributed by atoms with Gasteiger partial charge in [0.2, 0.25) is 0 Å². The minimum atomic E-state index is -0.434. The lowest BCUT2D eigenvalue weighted by Gasteiger charge is -2.10. The molecule has 0 saturated carbocycles. The molecule has 7 heteroatoms. The highest BCUT2D eigenvalue weighted by Crippen LogP contribution is 2.24. The second kappa shape index (κ2) is 5.76. The molecule has 0 radical (unpaired) electrons. The molecule has 0 aliphatic carbocycles. The van der Waals surface area contributed by atoms with Crippen LogP contribution in [0.25, 0.3) is 0 Å². The molecular weight excluding hydrogens is 234 g/mol. The zero-order valence-electron chi connectivity index (χ0n) is 9.88. The van der Waals surface area contributed by atoms with Crippen LogP contribution < -0.4 is 10.1 Å². The molecular formula is C11H13N5O2. The molecule has 0 bridgehead atoms. The fourth-order valence-corrected chi connectivity index (χ4v) is 1.34. The van der Waals surface area contributed by atoms with Crippen molar-refractivity contribution in [2.75, 3.05) is 11.9 Å². The Balaban J connectivity index is 2.11. The average Bonchev–Trinajstić information content (AvgIpc) is 2.91. The van der Waals surface area contributed by atoms with E-state index in [0.717, 1.165) is 6.42 Å². The van der Waals surface area contributed by atoms with Crippen molar-refractivity contribution in [3.63, 3.8) is 0 Å². The molecule has 2 rings (SSSR count). The predicted molar refractivity (Wildman–Crippen MR) is 64.4 cm³/mol. The van der Waals surface area contributed by atoms with Crippen LogP contribution in [-0.2, 0) is 0 Å². The second-order valence-corrected chi connectivity index (χ2v) is 3.53. The fourth-order valence-electron chi connectivity index (χ4n) is 1.34. The maximum Gasteiger partial charge on any atom is 0.297 e. The number of nitrogens with zero attached hydrogens (tertiary/aromatic N) is 3. The van der Waals surface area contributed by atoms with Crippen LogP contribution in [0, 0.1) is 0 Å². The molecule has 1 aromatic carbocycles. The van der Waals surface area contributed by atoms with E-state index in [1.165, 1.54) is 0 Å². The Morgan fingerprint density at radius 1 is 1.44 bits per heavy atom. The quantitative estimate of drug-likeness (QED) is 0.829. The Morgan fingerprint density at radius 2 is 2.28 bits per heavy atom. The lowest BCUT2D eigenvalue weighted by atomic mass is 10.3. The zero-order valence-corrected chi connectivity index (χ0v) is 9.88. The van der Waals surface area contributed by atoms with Gasteiger partial charge in [-0.3, -0.25) is 4.79 Å². The molecule has 7 nitrogen and oxygen atoms in total. The molecule has 2 aromatic rings. The van der Waals surface area contributed by atoms with Crippen LogP contribution in [0.3, 0.4) is 0 Å². The van der Waals surface area contributed by atoms with Crippen molar-refractivity contribution in [2.45, 2.75) is 13.3 Å². The number of amides is 1. The van der Waals surface area contributed by atoms with Gasteiger partial charge in [-0.15, -0.1) is 10.2 Å². The van der Waals surface area contributed by atoms with Crippen molar-refractivity contribution in [3.05, 3.63) is 30.1 Å². The third kappa shape index (κ3) is 2.82. The Hall–Kier alpha value is -2.44. The second-order valence-electron chi connectivity index (χ2n) is 3.53. The Morgan fingerprint density at radius 3 is 3.00 bits per heavy atom. The Labute approximate surface area is 104 Å². The van der Waals surface area contributed by atoms with Gasteiger partial charge in [0.15, 0.2) is 0 Å². The number of carbonyl (C=O) groups excluding carboxylic acids is 1. The number of rotatable bonds is 5. The summed E-state index contributed by atoms with van der Waals surface area (Å²) >= 11 is 0. The highest BCUT2D eigenvalue weighted by Gasteiger charge is 2.13. The molecule has 1 heterocycles. The first-order valence-electron chi connectivity index (χ1n) is 5.58. The van der Waals surface area contributed by atoms with Crippen LogP contribution in [0.1, 0.15) is 24.0 Å². The topological polar surface area (TPSA) is 92.8 Å². The monoisotopic (exact) mass is 247 g/mol. The number of hydrogen-bond donors (Lipinski definition) is 2. The third-order valence-corrected chi connectivity index (χ3v) is 2.15. The highest BCUT2D eigenvalue weighted by atomic mass is 16.5. The van der Waals surface area contributed by atoms with Crippen LogP contribution in [0.15, 0.2) is 24.3 Å². The summed E-state index contributed by atoms with van der Waals surface area (Å²) in [4.78, 5) is 11.7. The van der Waals surface area contributed by atoms with E-state index in [2.05, 4.69) is 25.9 Å². The summed E-state index contributed by atoms with van der Waals surface area (Å²) < 4.78 is 5.53. The molecule has 0 aliphatic heterocycles. The number of nitrogens with one attached hydrogen (secondary N) is 2. The van der Waals surface area contributed by atoms with Gasteiger partial charge in [-0.1, -0.05) is 19.1 Å². The SMILES string of the molecule is CCCOc1ccccc1NC(=O)c1nn[nH]n1. The normalized spacial score (nSPS) is 10.1. The van der Waals surface area contributed by atoms with Crippen LogP contribution >= 0.6 is 0 Å². The van der Waals surface area contributed by atoms with Gasteiger partial charge in [-0.25, -0.2) is 0 Å². The molecule has 2 N–H and O–H groups in total. The maximum atomic E-state index is 11.7. The summed E-state index contributed by atoms with van der Waals surface area (Å²) in [5.41, 5.74) is 0.584. The van der Waals surface area contributed by atoms with Crippen LogP contribution in [-0.4, -0.2) is 33.1 Å². The minimum absolute atomic E-state index is 0.0136. The van der Waals surface area contributed by atoms with E-state index in [1.54, 1.807) is 12.1 Å². The van der Waals surface area contributed by atoms with Crippen LogP contribution in [0.5, 0.6) is 5.75 Å². The largest absolute Gasteiger partial charge is 0.491 e. The molecule has 0 spiro atoms. The van der Waals surface area contributed by atoms with Crippen LogP contribution in [0.4, 0.5) is 5.69 Å². The molecule has 1 amide bonds. The van der Waals surface area contributed by atoms with E-state index in [1.807, 2.05) is 19.1 Å². The molecule has 0 saturated heterocycles. The van der Waals surface area contributed by atoms with Crippen molar-refractivity contribution in [1.29, 1.82) is 0 Å². The molecule has 18 heavy (non-hydrogen) atoms. The van der Waals surface area contributed by atoms with E-state index >= 15 is 0 Å². The van der Waals surface area contributed by atoms with Gasteiger partial charge in [-0.2, -0.15) is 5.21 Å². The van der Waals surface area contributed by atoms with Gasteiger partial charge < -0.3 is 10.1 Å². The Kier molecular flexibility index (Phi) is 3.85. The predicted octanol–water partition coefficient (Wildman–Crippen LogP) is 1.24. The van der Waals surface area contributed by atoms with Gasteiger partial charge >= 0.3 is 0 Å². The number of aromatic amines is 1. The van der Waals surface area contributed by atoms with E-state index in [9.17, 15) is 4.79 Å². The molecule has 0 fully saturated rings. The van der Waals surface area contributed by atoms with E-state index in [0.29, 0.717) is 18.0 Å². The number of tetrazole rings is 1. The summed E-state index contributed by atoms with van der Waals surface area (Å²) in [6, 6.07) is 7.20. The van der Waals surface area contributed by atoms with Gasteiger partial charge in [0.1, 0.15) is 5.75 Å². The first-order chi connectivity index (χ1) is 8.81. The summed E-state index contributed by atoms with van der Waals surface area (Å²) in [5, 5.41) is 15.4. The first kappa shape index (κ1) is 12.0. The average molecular weight is 247 g/mol. The maximum absolute atomic E-state index is 11.7. The summed E-state index contributed by atoms with van der Waals surface area (Å²) in [6.45, 7) is 2.61. The third-order valence-electron chi connectivity index (χ3n) is 2.15. The number of para-hydroxylation sites is 2. The van der Waals surface area contributed by atoms with Gasteiger partial charge in [0, 0.05) is 0 Å². The number of carbonyl (C=O) groups is 1. The van der Waals surface area contributed by atoms with Crippen molar-refractivity contribution in [3.8, 4) is 5.75 Å². The number of aromatic nitrogens is 4. The van der Waals surface area contributed by atoms with Crippen LogP contribution in [0.2, 0.25) is 0 Å². The molecule has 0 aliphatic rings. The fraction of sp³-hybridized carbons (Fsp3) is 0.273. The zero-order chi connectivity index (χ0) is 12.8. The molecule has 1 aromatic heterocycles. The van der Waals surface area contributed by atoms with Crippen molar-refractivity contribution in [1.82, 2.24) is 20.6 Å². The van der Waals surface area contributed by atoms with Crippen molar-refractivity contribution in [2.24, 2.45) is 0 Å². The van der Waals surface area contributed by atoms with Gasteiger partial charge in [0.25, 0.3) is 11.7 Å². The number of H-pyrrole nitrogens is 1. The lowest BCUT2D eigenvalue weighted by Crippen LogP contribution is -2.14. The van der Waals surface area contributed by atoms with E-state index in [4.69, 9.17) is 4.74 Å². The number of hydrogen-bond acceptors (Lipinski definition) is 5. The van der Waals surface area contributed by atoms with E-state index < -0.39 is 5.91 Å². The standard InChI is InChI=1S/C11H13N5O2/c1-2-7-18-9-6-4-3-5-8(9)12-11(17)10-13-15-16-14-10/h3-6H,2,7H2,1H3,(H,12,17)(H,13,14,15,16). The number of benzene rings is 1. The van der Waals surface area contributed by atoms with Crippen molar-refractivity contribution >= 4 is 11.6 Å². The molecule has 0 atom stereocenters. The molecule has 0 unspecified atom stereocenters. The van der Waals surface area contributed by atoms with E-state index in [-0.39, 0.29) is 5.82 Å². The summed E-state index contributed by atoms with van der Waals surface area (Å²) in [7, 11) is 0. The first-order valence-corrected chi connectivity index (χ1v) is 5.58. The minimum Gasteiger partial charge on any atom is -0.491 e. The number of anilines is 1. The Bertz CT molecular complexity index is 512. The highest BCUT2D eigenvalue weighted by molar-refractivity contribution is 6.02.